The first kappa shape index (κ1) is 30.3. The number of hydrogen-bond donors (Lipinski definition) is 0. The van der Waals surface area contributed by atoms with Crippen molar-refractivity contribution < 1.29 is 0 Å². The predicted molar refractivity (Wildman–Crippen MR) is 209 cm³/mol. The fraction of sp³-hybridized carbons (Fsp3) is 0.0625. The molecule has 0 radical (unpaired) electrons. The Kier molecular flexibility index (Phi) is 7.95. The molecule has 1 heterocycles. The molecule has 0 atom stereocenters. The van der Waals surface area contributed by atoms with Gasteiger partial charge in [0.2, 0.25) is 0 Å². The van der Waals surface area contributed by atoms with E-state index in [0.29, 0.717) is 0 Å². The smallest absolute Gasteiger partial charge is 0.0702 e. The Hall–Kier alpha value is -6.05. The molecule has 0 unspecified atom stereocenters. The largest absolute Gasteiger partial charge is 0.256 e. The van der Waals surface area contributed by atoms with Crippen molar-refractivity contribution in [3.05, 3.63) is 197 Å². The minimum absolute atomic E-state index is 0.979. The molecular weight excluding hydrogens is 591 g/mol. The lowest BCUT2D eigenvalue weighted by molar-refractivity contribution is 1.33. The van der Waals surface area contributed by atoms with Crippen molar-refractivity contribution in [1.29, 1.82) is 0 Å². The first-order chi connectivity index (χ1) is 24.0. The van der Waals surface area contributed by atoms with Crippen LogP contribution in [0.25, 0.3) is 66.2 Å². The quantitative estimate of drug-likeness (QED) is 0.185. The summed E-state index contributed by atoms with van der Waals surface area (Å²) < 4.78 is 0. The topological polar surface area (TPSA) is 12.9 Å². The zero-order valence-electron chi connectivity index (χ0n) is 28.1. The zero-order chi connectivity index (χ0) is 33.3. The van der Waals surface area contributed by atoms with Crippen LogP contribution in [0.5, 0.6) is 0 Å². The molecule has 1 aromatic heterocycles. The SMILES string of the molecule is C/C(c1cccc(-c2ccc(-c3ccc4ccccc4c3)nc2)c1)=c1/cccc/c1=C(/C)c1ccc(-c2ccc(C)cc2)c2ccccc12. The fourth-order valence-electron chi connectivity index (χ4n) is 7.06. The van der Waals surface area contributed by atoms with Gasteiger partial charge in [0.1, 0.15) is 0 Å². The number of nitrogens with zero attached hydrogens (tertiary/aromatic N) is 1. The molecule has 234 valence electrons. The highest BCUT2D eigenvalue weighted by molar-refractivity contribution is 6.02. The number of hydrogen-bond acceptors (Lipinski definition) is 1. The van der Waals surface area contributed by atoms with Crippen LogP contribution in [0.1, 0.15) is 30.5 Å². The fourth-order valence-corrected chi connectivity index (χ4v) is 7.06. The maximum Gasteiger partial charge on any atom is 0.0702 e. The highest BCUT2D eigenvalue weighted by Gasteiger charge is 2.11. The van der Waals surface area contributed by atoms with Gasteiger partial charge >= 0.3 is 0 Å². The standard InChI is InChI=1S/C48H37N/c1-32-19-21-36(22-20-32)45-27-26-44(46-17-8-9-18-47(45)46)34(3)43-16-7-6-15-42(43)33(2)37-13-10-14-39(29-37)41-25-28-48(49-31-41)40-24-23-35-11-4-5-12-38(35)30-40/h4-31H,1-3H3/b42-33+,43-34+. The molecule has 0 fully saturated rings. The maximum atomic E-state index is 4.88. The predicted octanol–water partition coefficient (Wildman–Crippen LogP) is 11.1. The summed E-state index contributed by atoms with van der Waals surface area (Å²) in [5, 5.41) is 7.50. The molecule has 0 aliphatic rings. The van der Waals surface area contributed by atoms with E-state index in [0.717, 1.165) is 22.4 Å². The average molecular weight is 628 g/mol. The minimum atomic E-state index is 0.979. The van der Waals surface area contributed by atoms with E-state index < -0.39 is 0 Å². The van der Waals surface area contributed by atoms with Gasteiger partial charge in [-0.05, 0) is 110 Å². The summed E-state index contributed by atoms with van der Waals surface area (Å²) in [5.41, 5.74) is 13.1. The van der Waals surface area contributed by atoms with Crippen molar-refractivity contribution in [2.45, 2.75) is 20.8 Å². The van der Waals surface area contributed by atoms with Gasteiger partial charge < -0.3 is 0 Å². The minimum Gasteiger partial charge on any atom is -0.256 e. The number of aryl methyl sites for hydroxylation is 1. The van der Waals surface area contributed by atoms with Crippen LogP contribution in [0.3, 0.4) is 0 Å². The third kappa shape index (κ3) is 5.85. The van der Waals surface area contributed by atoms with Crippen LogP contribution in [0, 0.1) is 6.92 Å². The first-order valence-corrected chi connectivity index (χ1v) is 17.0. The van der Waals surface area contributed by atoms with Crippen molar-refractivity contribution in [3.63, 3.8) is 0 Å². The zero-order valence-corrected chi connectivity index (χ0v) is 28.1. The molecular formula is C48H37N. The van der Waals surface area contributed by atoms with Gasteiger partial charge in [0.25, 0.3) is 0 Å². The molecule has 0 saturated heterocycles. The van der Waals surface area contributed by atoms with Gasteiger partial charge in [0.15, 0.2) is 0 Å². The van der Waals surface area contributed by atoms with Crippen LogP contribution in [-0.2, 0) is 0 Å². The van der Waals surface area contributed by atoms with Crippen molar-refractivity contribution in [3.8, 4) is 33.5 Å². The van der Waals surface area contributed by atoms with Gasteiger partial charge in [-0.3, -0.25) is 4.98 Å². The Morgan fingerprint density at radius 2 is 1.12 bits per heavy atom. The van der Waals surface area contributed by atoms with Crippen LogP contribution in [0.15, 0.2) is 170 Å². The summed E-state index contributed by atoms with van der Waals surface area (Å²) in [6.45, 7) is 6.64. The molecule has 49 heavy (non-hydrogen) atoms. The van der Waals surface area contributed by atoms with E-state index in [1.54, 1.807) is 0 Å². The van der Waals surface area contributed by atoms with Gasteiger partial charge in [-0.15, -0.1) is 0 Å². The second-order valence-corrected chi connectivity index (χ2v) is 12.9. The van der Waals surface area contributed by atoms with E-state index in [1.807, 2.05) is 6.20 Å². The number of benzene rings is 7. The summed E-state index contributed by atoms with van der Waals surface area (Å²) in [4.78, 5) is 4.88. The third-order valence-corrected chi connectivity index (χ3v) is 9.86. The van der Waals surface area contributed by atoms with E-state index in [4.69, 9.17) is 4.98 Å². The molecule has 0 amide bonds. The Morgan fingerprint density at radius 3 is 1.90 bits per heavy atom. The van der Waals surface area contributed by atoms with E-state index in [9.17, 15) is 0 Å². The van der Waals surface area contributed by atoms with E-state index in [-0.39, 0.29) is 0 Å². The van der Waals surface area contributed by atoms with Crippen LogP contribution >= 0.6 is 0 Å². The van der Waals surface area contributed by atoms with Gasteiger partial charge in [-0.2, -0.15) is 0 Å². The monoisotopic (exact) mass is 627 g/mol. The maximum absolute atomic E-state index is 4.88. The number of rotatable bonds is 5. The summed E-state index contributed by atoms with van der Waals surface area (Å²) in [6, 6.07) is 59.2. The van der Waals surface area contributed by atoms with Gasteiger partial charge in [-0.1, -0.05) is 151 Å². The van der Waals surface area contributed by atoms with Crippen LogP contribution in [-0.4, -0.2) is 4.98 Å². The molecule has 0 aliphatic carbocycles. The molecule has 0 aliphatic heterocycles. The number of pyridine rings is 1. The molecule has 8 aromatic rings. The van der Waals surface area contributed by atoms with Crippen molar-refractivity contribution >= 4 is 32.7 Å². The normalized spacial score (nSPS) is 12.6. The second kappa shape index (κ2) is 12.9. The molecule has 8 rings (SSSR count). The van der Waals surface area contributed by atoms with E-state index >= 15 is 0 Å². The van der Waals surface area contributed by atoms with Crippen molar-refractivity contribution in [2.24, 2.45) is 0 Å². The van der Waals surface area contributed by atoms with Crippen LogP contribution in [0.2, 0.25) is 0 Å². The first-order valence-electron chi connectivity index (χ1n) is 17.0. The highest BCUT2D eigenvalue weighted by Crippen LogP contribution is 2.33. The summed E-state index contributed by atoms with van der Waals surface area (Å²) in [7, 11) is 0. The lowest BCUT2D eigenvalue weighted by Crippen LogP contribution is -2.28. The molecule has 0 spiro atoms. The second-order valence-electron chi connectivity index (χ2n) is 12.9. The van der Waals surface area contributed by atoms with Crippen molar-refractivity contribution in [1.82, 2.24) is 4.98 Å². The molecule has 0 N–H and O–H groups in total. The Labute approximate surface area is 288 Å². The lowest BCUT2D eigenvalue weighted by Gasteiger charge is -2.13. The Morgan fingerprint density at radius 1 is 0.449 bits per heavy atom. The van der Waals surface area contributed by atoms with Crippen molar-refractivity contribution in [2.75, 3.05) is 0 Å². The molecule has 1 nitrogen and oxygen atoms in total. The Bertz CT molecular complexity index is 2610. The molecule has 0 bridgehead atoms. The summed E-state index contributed by atoms with van der Waals surface area (Å²) >= 11 is 0. The van der Waals surface area contributed by atoms with E-state index in [1.165, 1.54) is 70.9 Å². The number of aromatic nitrogens is 1. The highest BCUT2D eigenvalue weighted by atomic mass is 14.7. The van der Waals surface area contributed by atoms with E-state index in [2.05, 4.69) is 185 Å². The summed E-state index contributed by atoms with van der Waals surface area (Å²) in [6.07, 6.45) is 2.00. The Balaban J connectivity index is 1.19. The molecule has 0 saturated carbocycles. The lowest BCUT2D eigenvalue weighted by atomic mass is 9.90. The molecule has 7 aromatic carbocycles. The molecule has 1 heteroatoms. The average Bonchev–Trinajstić information content (AvgIpc) is 3.17. The summed E-state index contributed by atoms with van der Waals surface area (Å²) in [5.74, 6) is 0. The van der Waals surface area contributed by atoms with Gasteiger partial charge in [0, 0.05) is 17.3 Å². The third-order valence-electron chi connectivity index (χ3n) is 9.86. The van der Waals surface area contributed by atoms with Gasteiger partial charge in [0.05, 0.1) is 5.69 Å². The van der Waals surface area contributed by atoms with Crippen LogP contribution in [0.4, 0.5) is 0 Å². The number of fused-ring (bicyclic) bond motifs is 2. The van der Waals surface area contributed by atoms with Gasteiger partial charge in [-0.25, -0.2) is 0 Å². The van der Waals surface area contributed by atoms with Crippen LogP contribution < -0.4 is 10.4 Å².